The minimum Gasteiger partial charge on any atom is -0.497 e. The molecule has 7 heteroatoms. The zero-order valence-electron chi connectivity index (χ0n) is 16.9. The van der Waals surface area contributed by atoms with Crippen LogP contribution in [0, 0.1) is 0 Å². The summed E-state index contributed by atoms with van der Waals surface area (Å²) < 4.78 is 5.26. The second-order valence-electron chi connectivity index (χ2n) is 7.41. The molecule has 7 nitrogen and oxygen atoms in total. The predicted octanol–water partition coefficient (Wildman–Crippen LogP) is 2.95. The summed E-state index contributed by atoms with van der Waals surface area (Å²) in [5, 5.41) is 3.02. The van der Waals surface area contributed by atoms with Crippen molar-refractivity contribution in [1.82, 2.24) is 20.2 Å². The number of likely N-dealkylation sites (tertiary alicyclic amines) is 1. The Morgan fingerprint density at radius 3 is 2.83 bits per heavy atom. The fourth-order valence-corrected chi connectivity index (χ4v) is 3.67. The molecule has 2 heterocycles. The van der Waals surface area contributed by atoms with Crippen LogP contribution in [0.15, 0.2) is 54.7 Å². The zero-order chi connectivity index (χ0) is 20.9. The number of ether oxygens (including phenoxy) is 1. The Kier molecular flexibility index (Phi) is 5.88. The number of carbonyl (C=O) groups excluding carboxylic acids is 2. The molecular formula is C23H24N4O3. The minimum absolute atomic E-state index is 0.0787. The highest BCUT2D eigenvalue weighted by Crippen LogP contribution is 2.19. The van der Waals surface area contributed by atoms with E-state index in [0.717, 1.165) is 16.8 Å². The first-order chi connectivity index (χ1) is 14.6. The number of carbonyl (C=O) groups is 2. The average Bonchev–Trinajstić information content (AvgIpc) is 2.95. The quantitative estimate of drug-likeness (QED) is 0.707. The molecule has 0 saturated carbocycles. The summed E-state index contributed by atoms with van der Waals surface area (Å²) in [6, 6.07) is 15.1. The molecule has 0 radical (unpaired) electrons. The van der Waals surface area contributed by atoms with Crippen LogP contribution in [0.25, 0.3) is 11.0 Å². The lowest BCUT2D eigenvalue weighted by Gasteiger charge is -2.21. The van der Waals surface area contributed by atoms with Gasteiger partial charge in [0.15, 0.2) is 0 Å². The maximum Gasteiger partial charge on any atom is 0.271 e. The summed E-state index contributed by atoms with van der Waals surface area (Å²) in [6.07, 6.45) is 3.20. The number of amides is 2. The van der Waals surface area contributed by atoms with Gasteiger partial charge in [0.25, 0.3) is 5.91 Å². The summed E-state index contributed by atoms with van der Waals surface area (Å²) in [5.41, 5.74) is 2.75. The Balaban J connectivity index is 1.39. The predicted molar refractivity (Wildman–Crippen MR) is 113 cm³/mol. The SMILES string of the molecule is COc1cccc(CN2CCC(NC(=O)c3cnc4ccccc4n3)CCC2=O)c1. The number of methoxy groups -OCH3 is 1. The molecule has 1 aromatic heterocycles. The van der Waals surface area contributed by atoms with Gasteiger partial charge < -0.3 is 15.0 Å². The highest BCUT2D eigenvalue weighted by Gasteiger charge is 2.24. The third-order valence-electron chi connectivity index (χ3n) is 5.33. The number of benzene rings is 2. The van der Waals surface area contributed by atoms with E-state index in [0.29, 0.717) is 37.9 Å². The maximum absolute atomic E-state index is 12.7. The van der Waals surface area contributed by atoms with Crippen molar-refractivity contribution >= 4 is 22.8 Å². The molecule has 2 aromatic carbocycles. The highest BCUT2D eigenvalue weighted by atomic mass is 16.5. The molecule has 1 fully saturated rings. The zero-order valence-corrected chi connectivity index (χ0v) is 16.9. The van der Waals surface area contributed by atoms with E-state index in [1.165, 1.54) is 6.20 Å². The van der Waals surface area contributed by atoms with Gasteiger partial charge in [-0.25, -0.2) is 4.98 Å². The van der Waals surface area contributed by atoms with Gasteiger partial charge in [-0.05, 0) is 42.7 Å². The summed E-state index contributed by atoms with van der Waals surface area (Å²) >= 11 is 0. The number of aromatic nitrogens is 2. The number of hydrogen-bond acceptors (Lipinski definition) is 5. The third kappa shape index (κ3) is 4.56. The van der Waals surface area contributed by atoms with Crippen LogP contribution in [-0.4, -0.2) is 46.4 Å². The van der Waals surface area contributed by atoms with Gasteiger partial charge in [-0.2, -0.15) is 0 Å². The van der Waals surface area contributed by atoms with Crippen molar-refractivity contribution in [1.29, 1.82) is 0 Å². The van der Waals surface area contributed by atoms with Crippen LogP contribution in [0.5, 0.6) is 5.75 Å². The largest absolute Gasteiger partial charge is 0.497 e. The number of nitrogens with zero attached hydrogens (tertiary/aromatic N) is 3. The van der Waals surface area contributed by atoms with E-state index >= 15 is 0 Å². The fraction of sp³-hybridized carbons (Fsp3) is 0.304. The van der Waals surface area contributed by atoms with Crippen LogP contribution in [0.3, 0.4) is 0 Å². The van der Waals surface area contributed by atoms with Gasteiger partial charge in [-0.3, -0.25) is 14.6 Å². The van der Waals surface area contributed by atoms with E-state index < -0.39 is 0 Å². The lowest BCUT2D eigenvalue weighted by molar-refractivity contribution is -0.131. The molecule has 2 amide bonds. The number of hydrogen-bond donors (Lipinski definition) is 1. The van der Waals surface area contributed by atoms with Crippen LogP contribution in [0.1, 0.15) is 35.3 Å². The molecule has 1 N–H and O–H groups in total. The number of rotatable bonds is 5. The first-order valence-electron chi connectivity index (χ1n) is 10.1. The molecule has 1 aliphatic heterocycles. The third-order valence-corrected chi connectivity index (χ3v) is 5.33. The Morgan fingerprint density at radius 2 is 2.00 bits per heavy atom. The molecular weight excluding hydrogens is 380 g/mol. The van der Waals surface area contributed by atoms with Crippen LogP contribution >= 0.6 is 0 Å². The van der Waals surface area contributed by atoms with Gasteiger partial charge in [0.1, 0.15) is 11.4 Å². The minimum atomic E-state index is -0.257. The van der Waals surface area contributed by atoms with Crippen LogP contribution in [0.4, 0.5) is 0 Å². The van der Waals surface area contributed by atoms with E-state index in [2.05, 4.69) is 15.3 Å². The summed E-state index contributed by atoms with van der Waals surface area (Å²) in [4.78, 5) is 35.8. The van der Waals surface area contributed by atoms with Crippen molar-refractivity contribution < 1.29 is 14.3 Å². The number of nitrogens with one attached hydrogen (secondary N) is 1. The molecule has 1 saturated heterocycles. The van der Waals surface area contributed by atoms with Gasteiger partial charge in [-0.1, -0.05) is 24.3 Å². The van der Waals surface area contributed by atoms with Crippen LogP contribution in [-0.2, 0) is 11.3 Å². The number of fused-ring (bicyclic) bond motifs is 1. The lowest BCUT2D eigenvalue weighted by Crippen LogP contribution is -2.36. The smallest absolute Gasteiger partial charge is 0.271 e. The molecule has 30 heavy (non-hydrogen) atoms. The summed E-state index contributed by atoms with van der Waals surface area (Å²) in [7, 11) is 1.63. The van der Waals surface area contributed by atoms with E-state index in [1.54, 1.807) is 7.11 Å². The van der Waals surface area contributed by atoms with Crippen molar-refractivity contribution in [3.05, 3.63) is 66.0 Å². The topological polar surface area (TPSA) is 84.4 Å². The Morgan fingerprint density at radius 1 is 1.17 bits per heavy atom. The Labute approximate surface area is 175 Å². The van der Waals surface area contributed by atoms with Gasteiger partial charge in [0, 0.05) is 25.6 Å². The standard InChI is InChI=1S/C23H24N4O3/c1-30-18-6-4-5-16(13-18)15-27-12-11-17(9-10-22(27)28)25-23(29)21-14-24-19-7-2-3-8-20(19)26-21/h2-8,13-14,17H,9-12,15H2,1H3,(H,25,29). The molecule has 3 aromatic rings. The first-order valence-corrected chi connectivity index (χ1v) is 10.1. The second-order valence-corrected chi connectivity index (χ2v) is 7.41. The normalized spacial score (nSPS) is 16.9. The molecule has 1 atom stereocenters. The molecule has 0 bridgehead atoms. The fourth-order valence-electron chi connectivity index (χ4n) is 3.67. The van der Waals surface area contributed by atoms with Gasteiger partial charge in [-0.15, -0.1) is 0 Å². The Bertz CT molecular complexity index is 1070. The van der Waals surface area contributed by atoms with Gasteiger partial charge in [0.2, 0.25) is 5.91 Å². The molecule has 1 aliphatic rings. The summed E-state index contributed by atoms with van der Waals surface area (Å²) in [6.45, 7) is 1.12. The first kappa shape index (κ1) is 19.8. The van der Waals surface area contributed by atoms with Crippen molar-refractivity contribution in [3.8, 4) is 5.75 Å². The average molecular weight is 404 g/mol. The second kappa shape index (κ2) is 8.90. The van der Waals surface area contributed by atoms with E-state index in [9.17, 15) is 9.59 Å². The van der Waals surface area contributed by atoms with Crippen LogP contribution < -0.4 is 10.1 Å². The van der Waals surface area contributed by atoms with Gasteiger partial charge >= 0.3 is 0 Å². The van der Waals surface area contributed by atoms with Gasteiger partial charge in [0.05, 0.1) is 24.3 Å². The highest BCUT2D eigenvalue weighted by molar-refractivity contribution is 5.94. The molecule has 0 spiro atoms. The van der Waals surface area contributed by atoms with Crippen molar-refractivity contribution in [2.24, 2.45) is 0 Å². The lowest BCUT2D eigenvalue weighted by atomic mass is 10.1. The molecule has 0 aliphatic carbocycles. The summed E-state index contributed by atoms with van der Waals surface area (Å²) in [5.74, 6) is 0.614. The van der Waals surface area contributed by atoms with Crippen LogP contribution in [0.2, 0.25) is 0 Å². The Hall–Kier alpha value is -3.48. The van der Waals surface area contributed by atoms with Crippen molar-refractivity contribution in [2.75, 3.05) is 13.7 Å². The molecule has 4 rings (SSSR count). The van der Waals surface area contributed by atoms with Crippen molar-refractivity contribution in [2.45, 2.75) is 31.8 Å². The number of para-hydroxylation sites is 2. The van der Waals surface area contributed by atoms with E-state index in [1.807, 2.05) is 53.4 Å². The maximum atomic E-state index is 12.7. The van der Waals surface area contributed by atoms with E-state index in [4.69, 9.17) is 4.74 Å². The molecule has 1 unspecified atom stereocenters. The monoisotopic (exact) mass is 404 g/mol. The molecule has 154 valence electrons. The van der Waals surface area contributed by atoms with E-state index in [-0.39, 0.29) is 23.6 Å². The van der Waals surface area contributed by atoms with Crippen molar-refractivity contribution in [3.63, 3.8) is 0 Å².